The average Bonchev–Trinajstić information content (AvgIpc) is 3.06. The zero-order valence-corrected chi connectivity index (χ0v) is 17.1. The monoisotopic (exact) mass is 479 g/mol. The molecule has 158 valence electrons. The molecular weight excluding hydrogens is 470 g/mol. The molecule has 13 heteroatoms. The van der Waals surface area contributed by atoms with E-state index in [-0.39, 0.29) is 27.7 Å². The summed E-state index contributed by atoms with van der Waals surface area (Å²) in [6, 6.07) is 3.18. The first-order valence-corrected chi connectivity index (χ1v) is 10.1. The molecule has 0 unspecified atom stereocenters. The van der Waals surface area contributed by atoms with Gasteiger partial charge in [0.05, 0.1) is 37.4 Å². The zero-order chi connectivity index (χ0) is 22.3. The number of anilines is 1. The van der Waals surface area contributed by atoms with Gasteiger partial charge in [0, 0.05) is 6.20 Å². The van der Waals surface area contributed by atoms with Crippen molar-refractivity contribution in [3.05, 3.63) is 69.3 Å². The molecule has 30 heavy (non-hydrogen) atoms. The topological polar surface area (TPSA) is 102 Å². The fourth-order valence-corrected chi connectivity index (χ4v) is 3.89. The predicted octanol–water partition coefficient (Wildman–Crippen LogP) is 4.74. The van der Waals surface area contributed by atoms with E-state index in [1.165, 1.54) is 6.92 Å². The molecule has 0 aliphatic heterocycles. The molecule has 1 N–H and O–H groups in total. The zero-order valence-electron chi connectivity index (χ0n) is 14.8. The van der Waals surface area contributed by atoms with Crippen molar-refractivity contribution in [3.8, 4) is 0 Å². The Labute approximate surface area is 177 Å². The number of benzene rings is 1. The number of carbonyl (C=O) groups excluding carboxylic acids is 1. The lowest BCUT2D eigenvalue weighted by atomic mass is 10.1. The number of hydrogen-bond acceptors (Lipinski definition) is 6. The maximum atomic E-state index is 13.1. The number of nitrogens with one attached hydrogen (secondary N) is 1. The number of aryl methyl sites for hydroxylation is 1. The molecular formula is C17H10Cl2F3N3O4S. The number of ketones is 1. The van der Waals surface area contributed by atoms with Crippen LogP contribution in [0, 0.1) is 6.92 Å². The van der Waals surface area contributed by atoms with Crippen LogP contribution in [0.3, 0.4) is 0 Å². The Balaban J connectivity index is 2.05. The molecule has 0 fully saturated rings. The van der Waals surface area contributed by atoms with Crippen LogP contribution >= 0.6 is 23.2 Å². The van der Waals surface area contributed by atoms with Gasteiger partial charge in [-0.1, -0.05) is 28.4 Å². The Bertz CT molecular complexity index is 1240. The van der Waals surface area contributed by atoms with Gasteiger partial charge >= 0.3 is 6.18 Å². The van der Waals surface area contributed by atoms with Crippen LogP contribution in [0.5, 0.6) is 0 Å². The van der Waals surface area contributed by atoms with Crippen LogP contribution in [0.15, 0.2) is 46.1 Å². The Morgan fingerprint density at radius 1 is 1.20 bits per heavy atom. The summed E-state index contributed by atoms with van der Waals surface area (Å²) in [6.07, 6.45) is -2.70. The summed E-state index contributed by atoms with van der Waals surface area (Å²) < 4.78 is 71.4. The van der Waals surface area contributed by atoms with Gasteiger partial charge in [-0.05, 0) is 31.2 Å². The van der Waals surface area contributed by atoms with E-state index in [2.05, 4.69) is 10.1 Å². The molecule has 2 heterocycles. The molecule has 7 nitrogen and oxygen atoms in total. The molecule has 0 radical (unpaired) electrons. The number of sulfonamides is 1. The second-order valence-corrected chi connectivity index (χ2v) is 8.46. The second kappa shape index (κ2) is 7.89. The van der Waals surface area contributed by atoms with E-state index in [1.54, 1.807) is 0 Å². The van der Waals surface area contributed by atoms with E-state index in [1.807, 2.05) is 4.72 Å². The highest BCUT2D eigenvalue weighted by atomic mass is 35.5. The number of aromatic nitrogens is 2. The molecule has 0 saturated heterocycles. The molecule has 0 aliphatic rings. The summed E-state index contributed by atoms with van der Waals surface area (Å²) in [6.45, 7) is 1.49. The number of alkyl halides is 3. The van der Waals surface area contributed by atoms with Crippen molar-refractivity contribution >= 4 is 44.7 Å². The van der Waals surface area contributed by atoms with Gasteiger partial charge in [0.1, 0.15) is 12.0 Å². The minimum Gasteiger partial charge on any atom is -0.364 e. The molecule has 0 aliphatic carbocycles. The van der Waals surface area contributed by atoms with Crippen molar-refractivity contribution in [1.29, 1.82) is 0 Å². The number of rotatable bonds is 5. The van der Waals surface area contributed by atoms with E-state index in [0.29, 0.717) is 6.07 Å². The predicted molar refractivity (Wildman–Crippen MR) is 101 cm³/mol. The van der Waals surface area contributed by atoms with Crippen molar-refractivity contribution in [2.75, 3.05) is 4.72 Å². The lowest BCUT2D eigenvalue weighted by Gasteiger charge is -2.14. The summed E-state index contributed by atoms with van der Waals surface area (Å²) in [4.78, 5) is 15.8. The highest BCUT2D eigenvalue weighted by Crippen LogP contribution is 2.36. The van der Waals surface area contributed by atoms with Crippen LogP contribution in [0.1, 0.15) is 27.3 Å². The smallest absolute Gasteiger partial charge is 0.364 e. The second-order valence-electron chi connectivity index (χ2n) is 5.94. The molecule has 0 spiro atoms. The fourth-order valence-electron chi connectivity index (χ4n) is 2.43. The maximum Gasteiger partial charge on any atom is 0.417 e. The van der Waals surface area contributed by atoms with E-state index >= 15 is 0 Å². The highest BCUT2D eigenvalue weighted by molar-refractivity contribution is 7.92. The number of halogens is 5. The lowest BCUT2D eigenvalue weighted by molar-refractivity contribution is -0.137. The Hall–Kier alpha value is -2.63. The van der Waals surface area contributed by atoms with E-state index in [4.69, 9.17) is 27.7 Å². The van der Waals surface area contributed by atoms with Crippen LogP contribution < -0.4 is 4.72 Å². The van der Waals surface area contributed by atoms with Gasteiger partial charge in [0.25, 0.3) is 10.0 Å². The van der Waals surface area contributed by atoms with Crippen LogP contribution in [0.4, 0.5) is 18.9 Å². The summed E-state index contributed by atoms with van der Waals surface area (Å²) in [5.74, 6) is -0.727. The first-order chi connectivity index (χ1) is 13.9. The first-order valence-electron chi connectivity index (χ1n) is 7.91. The summed E-state index contributed by atoms with van der Waals surface area (Å²) >= 11 is 11.4. The van der Waals surface area contributed by atoms with Crippen molar-refractivity contribution in [1.82, 2.24) is 10.1 Å². The molecule has 0 saturated carbocycles. The molecule has 0 amide bonds. The Morgan fingerprint density at radius 3 is 2.50 bits per heavy atom. The number of pyridine rings is 1. The van der Waals surface area contributed by atoms with Gasteiger partial charge in [-0.3, -0.25) is 9.52 Å². The van der Waals surface area contributed by atoms with E-state index in [0.717, 1.165) is 30.7 Å². The number of hydrogen-bond donors (Lipinski definition) is 1. The largest absolute Gasteiger partial charge is 0.417 e. The molecule has 0 atom stereocenters. The molecule has 0 bridgehead atoms. The minimum atomic E-state index is -4.87. The van der Waals surface area contributed by atoms with E-state index < -0.39 is 37.5 Å². The van der Waals surface area contributed by atoms with Gasteiger partial charge in [0.15, 0.2) is 0 Å². The summed E-state index contributed by atoms with van der Waals surface area (Å²) in [7, 11) is -4.56. The molecule has 3 aromatic rings. The quantitative estimate of drug-likeness (QED) is 0.530. The van der Waals surface area contributed by atoms with Gasteiger partial charge in [0.2, 0.25) is 5.78 Å². The average molecular weight is 480 g/mol. The first kappa shape index (κ1) is 22.1. The highest BCUT2D eigenvalue weighted by Gasteiger charge is 2.35. The Kier molecular flexibility index (Phi) is 5.81. The summed E-state index contributed by atoms with van der Waals surface area (Å²) in [5.41, 5.74) is -1.75. The minimum absolute atomic E-state index is 0.0154. The molecule has 2 aromatic heterocycles. The van der Waals surface area contributed by atoms with Crippen molar-refractivity contribution in [2.45, 2.75) is 18.0 Å². The van der Waals surface area contributed by atoms with Crippen LogP contribution in [0.25, 0.3) is 0 Å². The lowest BCUT2D eigenvalue weighted by Crippen LogP contribution is -2.18. The fraction of sp³-hybridized carbons (Fsp3) is 0.118. The molecule has 1 aromatic carbocycles. The van der Waals surface area contributed by atoms with Crippen molar-refractivity contribution in [3.63, 3.8) is 0 Å². The maximum absolute atomic E-state index is 13.1. The third-order valence-electron chi connectivity index (χ3n) is 3.86. The SMILES string of the molecule is Cc1nocc1C(=O)c1ncc(Cl)cc1NS(=O)(=O)c1ccc(Cl)c(C(F)(F)F)c1. The van der Waals surface area contributed by atoms with Crippen LogP contribution in [-0.4, -0.2) is 24.3 Å². The number of carbonyl (C=O) groups is 1. The van der Waals surface area contributed by atoms with Gasteiger partial charge in [-0.2, -0.15) is 13.2 Å². The van der Waals surface area contributed by atoms with E-state index in [9.17, 15) is 26.4 Å². The summed E-state index contributed by atoms with van der Waals surface area (Å²) in [5, 5.41) is 2.89. The standard InChI is InChI=1S/C17H10Cl2F3N3O4S/c1-8-11(7-29-24-8)16(26)15-14(4-9(18)6-23-15)25-30(27,28)10-2-3-13(19)12(5-10)17(20,21)22/h2-7,25H,1H3. The third kappa shape index (κ3) is 4.42. The van der Waals surface area contributed by atoms with Gasteiger partial charge in [-0.15, -0.1) is 0 Å². The van der Waals surface area contributed by atoms with Crippen LogP contribution in [0.2, 0.25) is 10.0 Å². The normalized spacial score (nSPS) is 12.1. The third-order valence-corrected chi connectivity index (χ3v) is 5.76. The Morgan fingerprint density at radius 2 is 1.90 bits per heavy atom. The van der Waals surface area contributed by atoms with Gasteiger partial charge in [-0.25, -0.2) is 13.4 Å². The van der Waals surface area contributed by atoms with Crippen molar-refractivity contribution in [2.24, 2.45) is 0 Å². The van der Waals surface area contributed by atoms with Crippen LogP contribution in [-0.2, 0) is 16.2 Å². The number of nitrogens with zero attached hydrogens (tertiary/aromatic N) is 2. The van der Waals surface area contributed by atoms with Crippen molar-refractivity contribution < 1.29 is 30.9 Å². The molecule has 3 rings (SSSR count). The van der Waals surface area contributed by atoms with Gasteiger partial charge < -0.3 is 4.52 Å².